The van der Waals surface area contributed by atoms with Crippen molar-refractivity contribution in [2.75, 3.05) is 13.6 Å². The van der Waals surface area contributed by atoms with Crippen molar-refractivity contribution in [3.8, 4) is 0 Å². The van der Waals surface area contributed by atoms with Gasteiger partial charge in [0.2, 0.25) is 5.91 Å². The lowest BCUT2D eigenvalue weighted by atomic mass is 9.84. The van der Waals surface area contributed by atoms with Crippen molar-refractivity contribution in [3.63, 3.8) is 0 Å². The van der Waals surface area contributed by atoms with Crippen molar-refractivity contribution in [1.82, 2.24) is 4.90 Å². The number of rotatable bonds is 4. The second-order valence-corrected chi connectivity index (χ2v) is 5.89. The van der Waals surface area contributed by atoms with E-state index in [0.29, 0.717) is 13.0 Å². The van der Waals surface area contributed by atoms with Gasteiger partial charge >= 0.3 is 0 Å². The van der Waals surface area contributed by atoms with Crippen LogP contribution in [0.25, 0.3) is 0 Å². The molecule has 0 rings (SSSR count). The Labute approximate surface area is 104 Å². The first-order valence-corrected chi connectivity index (χ1v) is 5.82. The normalized spacial score (nSPS) is 16.5. The maximum atomic E-state index is 12.3. The molecule has 0 bridgehead atoms. The van der Waals surface area contributed by atoms with Crippen LogP contribution in [0.3, 0.4) is 0 Å². The van der Waals surface area contributed by atoms with E-state index in [4.69, 9.17) is 10.9 Å². The highest BCUT2D eigenvalue weighted by Gasteiger charge is 2.39. The number of hydrogen-bond acceptors (Lipinski definition) is 3. The van der Waals surface area contributed by atoms with Gasteiger partial charge in [-0.1, -0.05) is 32.9 Å². The molecule has 0 heterocycles. The fraction of sp³-hybridized carbons (Fsp3) is 0.833. The van der Waals surface area contributed by atoms with Crippen LogP contribution < -0.4 is 5.73 Å². The number of carbonyl (C=O) groups excluding carboxylic acids is 1. The molecule has 100 valence electrons. The van der Waals surface area contributed by atoms with Gasteiger partial charge in [0.1, 0.15) is 5.41 Å². The van der Waals surface area contributed by atoms with Gasteiger partial charge in [-0.15, -0.1) is 0 Å². The number of amides is 1. The Bertz CT molecular complexity index is 307. The maximum Gasteiger partial charge on any atom is 0.235 e. The molecule has 5 nitrogen and oxygen atoms in total. The Morgan fingerprint density at radius 1 is 1.35 bits per heavy atom. The van der Waals surface area contributed by atoms with Crippen molar-refractivity contribution in [2.45, 2.75) is 41.0 Å². The molecule has 0 aromatic carbocycles. The summed E-state index contributed by atoms with van der Waals surface area (Å²) in [4.78, 5) is 14.0. The first-order chi connectivity index (χ1) is 7.58. The van der Waals surface area contributed by atoms with E-state index in [-0.39, 0.29) is 17.2 Å². The van der Waals surface area contributed by atoms with E-state index in [1.807, 2.05) is 6.92 Å². The van der Waals surface area contributed by atoms with E-state index >= 15 is 0 Å². The molecule has 1 amide bonds. The van der Waals surface area contributed by atoms with Gasteiger partial charge in [0, 0.05) is 13.6 Å². The van der Waals surface area contributed by atoms with E-state index in [2.05, 4.69) is 25.9 Å². The van der Waals surface area contributed by atoms with Crippen LogP contribution in [-0.4, -0.2) is 35.4 Å². The fourth-order valence-electron chi connectivity index (χ4n) is 1.76. The summed E-state index contributed by atoms with van der Waals surface area (Å²) >= 11 is 0. The van der Waals surface area contributed by atoms with Crippen LogP contribution in [0, 0.1) is 10.8 Å². The van der Waals surface area contributed by atoms with Gasteiger partial charge < -0.3 is 15.8 Å². The zero-order valence-electron chi connectivity index (χ0n) is 11.7. The Morgan fingerprint density at radius 3 is 2.12 bits per heavy atom. The van der Waals surface area contributed by atoms with Crippen LogP contribution in [0.4, 0.5) is 0 Å². The van der Waals surface area contributed by atoms with Gasteiger partial charge in [-0.25, -0.2) is 0 Å². The largest absolute Gasteiger partial charge is 0.409 e. The molecule has 0 aliphatic rings. The molecule has 1 unspecified atom stereocenters. The van der Waals surface area contributed by atoms with E-state index < -0.39 is 5.41 Å². The molecule has 0 saturated heterocycles. The smallest absolute Gasteiger partial charge is 0.235 e. The molecule has 0 saturated carbocycles. The minimum atomic E-state index is -0.936. The van der Waals surface area contributed by atoms with Crippen LogP contribution in [0.5, 0.6) is 0 Å². The third kappa shape index (κ3) is 3.91. The summed E-state index contributed by atoms with van der Waals surface area (Å²) in [6.45, 7) is 10.3. The first-order valence-electron chi connectivity index (χ1n) is 5.82. The van der Waals surface area contributed by atoms with Crippen LogP contribution in [0.15, 0.2) is 5.16 Å². The van der Waals surface area contributed by atoms with E-state index in [1.54, 1.807) is 18.9 Å². The summed E-state index contributed by atoms with van der Waals surface area (Å²) in [5.74, 6) is -0.156. The number of oxime groups is 1. The molecular weight excluding hydrogens is 218 g/mol. The standard InChI is InChI=1S/C12H25N3O2/c1-7-12(5,9(13)14-17)10(16)15(6)8-11(2,3)4/h17H,7-8H2,1-6H3,(H2,13,14). The molecular formula is C12H25N3O2. The molecule has 5 heteroatoms. The summed E-state index contributed by atoms with van der Waals surface area (Å²) in [5, 5.41) is 11.7. The minimum absolute atomic E-state index is 0.0180. The van der Waals surface area contributed by atoms with Gasteiger partial charge in [-0.3, -0.25) is 4.79 Å². The summed E-state index contributed by atoms with van der Waals surface area (Å²) in [6.07, 6.45) is 0.496. The van der Waals surface area contributed by atoms with Crippen molar-refractivity contribution >= 4 is 11.7 Å². The SMILES string of the molecule is CCC(C)(C(=O)N(C)CC(C)(C)C)C(N)=NO. The summed E-state index contributed by atoms with van der Waals surface area (Å²) < 4.78 is 0. The number of nitrogens with zero attached hydrogens (tertiary/aromatic N) is 2. The molecule has 0 aromatic heterocycles. The lowest BCUT2D eigenvalue weighted by Gasteiger charge is -2.34. The monoisotopic (exact) mass is 243 g/mol. The number of carbonyl (C=O) groups is 1. The number of amidine groups is 1. The van der Waals surface area contributed by atoms with Crippen molar-refractivity contribution in [3.05, 3.63) is 0 Å². The average molecular weight is 243 g/mol. The minimum Gasteiger partial charge on any atom is -0.409 e. The van der Waals surface area contributed by atoms with Crippen LogP contribution in [0.1, 0.15) is 41.0 Å². The zero-order chi connectivity index (χ0) is 13.9. The second-order valence-electron chi connectivity index (χ2n) is 5.89. The fourth-order valence-corrected chi connectivity index (χ4v) is 1.76. The van der Waals surface area contributed by atoms with Gasteiger partial charge in [0.25, 0.3) is 0 Å². The van der Waals surface area contributed by atoms with Crippen LogP contribution in [0.2, 0.25) is 0 Å². The second kappa shape index (κ2) is 5.38. The summed E-state index contributed by atoms with van der Waals surface area (Å²) in [7, 11) is 1.74. The quantitative estimate of drug-likeness (QED) is 0.341. The van der Waals surface area contributed by atoms with E-state index in [0.717, 1.165) is 0 Å². The highest BCUT2D eigenvalue weighted by molar-refractivity contribution is 6.06. The lowest BCUT2D eigenvalue weighted by Crippen LogP contribution is -2.49. The predicted octanol–water partition coefficient (Wildman–Crippen LogP) is 1.65. The Kier molecular flexibility index (Phi) is 4.98. The van der Waals surface area contributed by atoms with Crippen molar-refractivity contribution < 1.29 is 10.0 Å². The molecule has 0 radical (unpaired) electrons. The van der Waals surface area contributed by atoms with Crippen LogP contribution >= 0.6 is 0 Å². The molecule has 0 aliphatic heterocycles. The third-order valence-corrected chi connectivity index (χ3v) is 2.91. The van der Waals surface area contributed by atoms with E-state index in [9.17, 15) is 4.79 Å². The maximum absolute atomic E-state index is 12.3. The molecule has 17 heavy (non-hydrogen) atoms. The topological polar surface area (TPSA) is 78.9 Å². The molecule has 3 N–H and O–H groups in total. The van der Waals surface area contributed by atoms with Crippen LogP contribution in [-0.2, 0) is 4.79 Å². The van der Waals surface area contributed by atoms with Gasteiger partial charge in [-0.05, 0) is 18.8 Å². The third-order valence-electron chi connectivity index (χ3n) is 2.91. The summed E-state index contributed by atoms with van der Waals surface area (Å²) in [5.41, 5.74) is 4.70. The predicted molar refractivity (Wildman–Crippen MR) is 68.9 cm³/mol. The number of hydrogen-bond donors (Lipinski definition) is 2. The van der Waals surface area contributed by atoms with Gasteiger partial charge in [0.15, 0.2) is 5.84 Å². The highest BCUT2D eigenvalue weighted by Crippen LogP contribution is 2.26. The molecule has 1 atom stereocenters. The average Bonchev–Trinajstić information content (AvgIpc) is 2.23. The Morgan fingerprint density at radius 2 is 1.82 bits per heavy atom. The lowest BCUT2D eigenvalue weighted by molar-refractivity contribution is -0.137. The molecule has 0 aromatic rings. The van der Waals surface area contributed by atoms with Crippen molar-refractivity contribution in [2.24, 2.45) is 21.7 Å². The molecule has 0 fully saturated rings. The Balaban J connectivity index is 5.01. The Hall–Kier alpha value is -1.26. The molecule has 0 aliphatic carbocycles. The first kappa shape index (κ1) is 15.7. The van der Waals surface area contributed by atoms with Gasteiger partial charge in [0.05, 0.1) is 0 Å². The highest BCUT2D eigenvalue weighted by atomic mass is 16.4. The summed E-state index contributed by atoms with van der Waals surface area (Å²) in [6, 6.07) is 0. The molecule has 0 spiro atoms. The van der Waals surface area contributed by atoms with E-state index in [1.165, 1.54) is 0 Å². The van der Waals surface area contributed by atoms with Gasteiger partial charge in [-0.2, -0.15) is 0 Å². The van der Waals surface area contributed by atoms with Crippen molar-refractivity contribution in [1.29, 1.82) is 0 Å². The number of nitrogens with two attached hydrogens (primary N) is 1. The zero-order valence-corrected chi connectivity index (χ0v) is 11.7.